The Labute approximate surface area is 123 Å². The summed E-state index contributed by atoms with van der Waals surface area (Å²) >= 11 is 0. The van der Waals surface area contributed by atoms with Gasteiger partial charge in [-0.2, -0.15) is 0 Å². The Morgan fingerprint density at radius 3 is 2.67 bits per heavy atom. The molecule has 1 aromatic carbocycles. The summed E-state index contributed by atoms with van der Waals surface area (Å²) in [7, 11) is 1.56. The van der Waals surface area contributed by atoms with Crippen LogP contribution in [-0.2, 0) is 11.3 Å². The van der Waals surface area contributed by atoms with Crippen LogP contribution in [0.3, 0.4) is 0 Å². The predicted molar refractivity (Wildman–Crippen MR) is 81.0 cm³/mol. The molecular weight excluding hydrogens is 266 g/mol. The summed E-state index contributed by atoms with van der Waals surface area (Å²) in [5, 5.41) is 1.10. The molecule has 0 aliphatic carbocycles. The molecule has 1 N–H and O–H groups in total. The van der Waals surface area contributed by atoms with Gasteiger partial charge in [0.1, 0.15) is 0 Å². The fourth-order valence-electron chi connectivity index (χ4n) is 3.20. The lowest BCUT2D eigenvalue weighted by Gasteiger charge is -2.40. The number of H-pyrrole nitrogens is 1. The van der Waals surface area contributed by atoms with E-state index in [0.717, 1.165) is 22.2 Å². The first kappa shape index (κ1) is 13.7. The van der Waals surface area contributed by atoms with Crippen molar-refractivity contribution in [3.63, 3.8) is 0 Å². The number of amides is 3. The fraction of sp³-hybridized carbons (Fsp3) is 0.375. The molecule has 5 nitrogen and oxygen atoms in total. The van der Waals surface area contributed by atoms with Crippen molar-refractivity contribution in [2.75, 3.05) is 13.6 Å². The third kappa shape index (κ3) is 1.84. The van der Waals surface area contributed by atoms with Gasteiger partial charge in [-0.15, -0.1) is 0 Å². The SMILES string of the molecule is CC.CN1C(=O)C2CN(Cc3[nH]c4ccccc4c32)C1=O. The summed E-state index contributed by atoms with van der Waals surface area (Å²) in [6.45, 7) is 5.05. The standard InChI is InChI=1S/C14H13N3O2.C2H6/c1-16-13(18)9-6-17(14(16)19)7-11-12(9)8-4-2-3-5-10(8)15-11;1-2/h2-5,9,15H,6-7H2,1H3;1-2H3. The fourth-order valence-corrected chi connectivity index (χ4v) is 3.20. The van der Waals surface area contributed by atoms with Crippen LogP contribution < -0.4 is 0 Å². The van der Waals surface area contributed by atoms with E-state index in [1.807, 2.05) is 38.1 Å². The highest BCUT2D eigenvalue weighted by molar-refractivity contribution is 6.03. The molecule has 1 unspecified atom stereocenters. The predicted octanol–water partition coefficient (Wildman–Crippen LogP) is 2.69. The van der Waals surface area contributed by atoms with E-state index in [-0.39, 0.29) is 17.9 Å². The van der Waals surface area contributed by atoms with Gasteiger partial charge < -0.3 is 9.88 Å². The van der Waals surface area contributed by atoms with E-state index in [2.05, 4.69) is 4.98 Å². The number of rotatable bonds is 0. The number of imide groups is 1. The van der Waals surface area contributed by atoms with Crippen molar-refractivity contribution in [2.45, 2.75) is 26.3 Å². The van der Waals surface area contributed by atoms with Gasteiger partial charge in [0.25, 0.3) is 0 Å². The second kappa shape index (κ2) is 4.91. The van der Waals surface area contributed by atoms with Crippen LogP contribution in [-0.4, -0.2) is 40.3 Å². The molecule has 4 rings (SSSR count). The van der Waals surface area contributed by atoms with Crippen molar-refractivity contribution < 1.29 is 9.59 Å². The minimum atomic E-state index is -0.234. The van der Waals surface area contributed by atoms with E-state index in [1.54, 1.807) is 11.9 Å². The average Bonchev–Trinajstić information content (AvgIpc) is 2.91. The van der Waals surface area contributed by atoms with E-state index in [1.165, 1.54) is 4.90 Å². The van der Waals surface area contributed by atoms with Gasteiger partial charge in [0, 0.05) is 30.2 Å². The minimum Gasteiger partial charge on any atom is -0.357 e. The third-order valence-electron chi connectivity index (χ3n) is 4.11. The Balaban J connectivity index is 0.000000636. The van der Waals surface area contributed by atoms with Crippen molar-refractivity contribution in [3.8, 4) is 0 Å². The van der Waals surface area contributed by atoms with Crippen LogP contribution >= 0.6 is 0 Å². The van der Waals surface area contributed by atoms with Gasteiger partial charge in [0.15, 0.2) is 0 Å². The van der Waals surface area contributed by atoms with Crippen LogP contribution in [0, 0.1) is 0 Å². The molecule has 1 fully saturated rings. The lowest BCUT2D eigenvalue weighted by atomic mass is 9.89. The lowest BCUT2D eigenvalue weighted by Crippen LogP contribution is -2.55. The highest BCUT2D eigenvalue weighted by Crippen LogP contribution is 2.38. The summed E-state index contributed by atoms with van der Waals surface area (Å²) in [5.41, 5.74) is 3.09. The molecule has 3 amide bonds. The van der Waals surface area contributed by atoms with E-state index < -0.39 is 0 Å². The van der Waals surface area contributed by atoms with Gasteiger partial charge in [-0.3, -0.25) is 9.69 Å². The summed E-state index contributed by atoms with van der Waals surface area (Å²) in [6.07, 6.45) is 0. The molecule has 110 valence electrons. The molecule has 1 aromatic heterocycles. The first-order valence-electron chi connectivity index (χ1n) is 7.33. The third-order valence-corrected chi connectivity index (χ3v) is 4.11. The monoisotopic (exact) mass is 285 g/mol. The Morgan fingerprint density at radius 1 is 1.19 bits per heavy atom. The number of fused-ring (bicyclic) bond motifs is 6. The van der Waals surface area contributed by atoms with Crippen molar-refractivity contribution in [1.29, 1.82) is 0 Å². The molecule has 5 heteroatoms. The lowest BCUT2D eigenvalue weighted by molar-refractivity contribution is -0.132. The molecule has 0 spiro atoms. The number of hydrogen-bond donors (Lipinski definition) is 1. The van der Waals surface area contributed by atoms with Crippen LogP contribution in [0.1, 0.15) is 31.0 Å². The van der Waals surface area contributed by atoms with Crippen LogP contribution in [0.25, 0.3) is 10.9 Å². The highest BCUT2D eigenvalue weighted by Gasteiger charge is 2.43. The zero-order valence-electron chi connectivity index (χ0n) is 12.5. The summed E-state index contributed by atoms with van der Waals surface area (Å²) in [4.78, 5) is 30.6. The number of urea groups is 1. The van der Waals surface area contributed by atoms with E-state index >= 15 is 0 Å². The van der Waals surface area contributed by atoms with Gasteiger partial charge in [-0.05, 0) is 11.6 Å². The maximum atomic E-state index is 12.3. The quantitative estimate of drug-likeness (QED) is 0.809. The molecule has 21 heavy (non-hydrogen) atoms. The molecule has 3 heterocycles. The van der Waals surface area contributed by atoms with E-state index in [9.17, 15) is 9.59 Å². The first-order valence-corrected chi connectivity index (χ1v) is 7.33. The minimum absolute atomic E-state index is 0.105. The maximum absolute atomic E-state index is 12.3. The number of benzene rings is 1. The number of carbonyl (C=O) groups is 2. The molecule has 2 aromatic rings. The van der Waals surface area contributed by atoms with Crippen molar-refractivity contribution >= 4 is 22.8 Å². The highest BCUT2D eigenvalue weighted by atomic mass is 16.2. The van der Waals surface area contributed by atoms with Crippen molar-refractivity contribution in [3.05, 3.63) is 35.5 Å². The molecule has 1 saturated heterocycles. The molecule has 1 atom stereocenters. The Bertz CT molecular complexity index is 719. The zero-order valence-corrected chi connectivity index (χ0v) is 12.5. The number of likely N-dealkylation sites (N-methyl/N-ethyl adjacent to an activating group) is 1. The van der Waals surface area contributed by atoms with Gasteiger partial charge in [0.05, 0.1) is 12.5 Å². The van der Waals surface area contributed by atoms with Gasteiger partial charge in [-0.25, -0.2) is 4.79 Å². The number of aromatic nitrogens is 1. The molecular formula is C16H19N3O2. The van der Waals surface area contributed by atoms with Crippen LogP contribution in [0.4, 0.5) is 4.79 Å². The smallest absolute Gasteiger partial charge is 0.326 e. The number of para-hydroxylation sites is 1. The number of carbonyl (C=O) groups excluding carboxylic acids is 2. The zero-order chi connectivity index (χ0) is 15.1. The van der Waals surface area contributed by atoms with Crippen LogP contribution in [0.5, 0.6) is 0 Å². The van der Waals surface area contributed by atoms with Gasteiger partial charge >= 0.3 is 6.03 Å². The van der Waals surface area contributed by atoms with Crippen molar-refractivity contribution in [1.82, 2.24) is 14.8 Å². The number of hydrogen-bond acceptors (Lipinski definition) is 2. The molecule has 0 saturated carbocycles. The normalized spacial score (nSPS) is 20.2. The summed E-state index contributed by atoms with van der Waals surface area (Å²) in [5.74, 6) is -0.338. The average molecular weight is 285 g/mol. The van der Waals surface area contributed by atoms with Crippen LogP contribution in [0.2, 0.25) is 0 Å². The Hall–Kier alpha value is -2.30. The molecule has 2 bridgehead atoms. The molecule has 0 radical (unpaired) electrons. The Morgan fingerprint density at radius 2 is 1.90 bits per heavy atom. The number of aromatic amines is 1. The number of nitrogens with one attached hydrogen (secondary N) is 1. The molecule has 2 aliphatic heterocycles. The summed E-state index contributed by atoms with van der Waals surface area (Å²) in [6, 6.07) is 7.78. The Kier molecular flexibility index (Phi) is 3.20. The van der Waals surface area contributed by atoms with E-state index in [4.69, 9.17) is 0 Å². The maximum Gasteiger partial charge on any atom is 0.326 e. The largest absolute Gasteiger partial charge is 0.357 e. The van der Waals surface area contributed by atoms with Crippen LogP contribution in [0.15, 0.2) is 24.3 Å². The summed E-state index contributed by atoms with van der Waals surface area (Å²) < 4.78 is 0. The number of nitrogens with zero attached hydrogens (tertiary/aromatic N) is 2. The topological polar surface area (TPSA) is 56.4 Å². The second-order valence-electron chi connectivity index (χ2n) is 5.18. The van der Waals surface area contributed by atoms with Gasteiger partial charge in [-0.1, -0.05) is 32.0 Å². The van der Waals surface area contributed by atoms with E-state index in [0.29, 0.717) is 13.1 Å². The molecule has 2 aliphatic rings. The van der Waals surface area contributed by atoms with Crippen molar-refractivity contribution in [2.24, 2.45) is 0 Å². The first-order chi connectivity index (χ1) is 10.2. The van der Waals surface area contributed by atoms with Gasteiger partial charge in [0.2, 0.25) is 5.91 Å². The second-order valence-corrected chi connectivity index (χ2v) is 5.18.